The smallest absolute Gasteiger partial charge is 0.233 e. The monoisotopic (exact) mass is 429 g/mol. The maximum absolute atomic E-state index is 13.2. The van der Waals surface area contributed by atoms with Gasteiger partial charge in [0.1, 0.15) is 5.82 Å². The number of nitrogens with one attached hydrogen (secondary N) is 1. The molecule has 3 rings (SSSR count). The van der Waals surface area contributed by atoms with Crippen LogP contribution >= 0.6 is 0 Å². The molecule has 2 aromatic carbocycles. The van der Waals surface area contributed by atoms with E-state index >= 15 is 0 Å². The number of halogens is 1. The second-order valence-electron chi connectivity index (χ2n) is 6.76. The van der Waals surface area contributed by atoms with E-state index in [1.165, 1.54) is 36.7 Å². The highest BCUT2D eigenvalue weighted by atomic mass is 32.2. The fourth-order valence-corrected chi connectivity index (χ4v) is 3.51. The summed E-state index contributed by atoms with van der Waals surface area (Å²) in [5, 5.41) is 11.7. The molecule has 0 aliphatic rings. The van der Waals surface area contributed by atoms with Crippen molar-refractivity contribution in [3.8, 4) is 0 Å². The lowest BCUT2D eigenvalue weighted by atomic mass is 9.91. The molecule has 0 unspecified atom stereocenters. The Labute approximate surface area is 173 Å². The van der Waals surface area contributed by atoms with Gasteiger partial charge in [-0.25, -0.2) is 17.8 Å². The second-order valence-corrected chi connectivity index (χ2v) is 8.78. The van der Waals surface area contributed by atoms with Crippen molar-refractivity contribution in [2.75, 3.05) is 11.6 Å². The molecule has 2 N–H and O–H groups in total. The lowest BCUT2D eigenvalue weighted by Gasteiger charge is -2.18. The van der Waals surface area contributed by atoms with Crippen molar-refractivity contribution in [1.29, 1.82) is 0 Å². The maximum Gasteiger partial charge on any atom is 0.233 e. The lowest BCUT2D eigenvalue weighted by molar-refractivity contribution is -0.117. The minimum absolute atomic E-state index is 0.151. The predicted molar refractivity (Wildman–Crippen MR) is 109 cm³/mol. The van der Waals surface area contributed by atoms with Crippen LogP contribution in [0.15, 0.2) is 65.8 Å². The minimum atomic E-state index is -3.37. The van der Waals surface area contributed by atoms with Gasteiger partial charge in [0.25, 0.3) is 0 Å². The quantitative estimate of drug-likeness (QED) is 0.597. The summed E-state index contributed by atoms with van der Waals surface area (Å²) in [7, 11) is -3.37. The van der Waals surface area contributed by atoms with Crippen LogP contribution < -0.4 is 5.32 Å². The molecule has 0 spiro atoms. The van der Waals surface area contributed by atoms with E-state index in [1.54, 1.807) is 24.3 Å². The van der Waals surface area contributed by atoms with Gasteiger partial charge in [0.05, 0.1) is 35.5 Å². The summed E-state index contributed by atoms with van der Waals surface area (Å²) in [5.74, 6) is -1.22. The first kappa shape index (κ1) is 21.5. The molecule has 7 nitrogen and oxygen atoms in total. The normalized spacial score (nSPS) is 12.4. The predicted octanol–water partition coefficient (Wildman–Crippen LogP) is 2.48. The number of sulfone groups is 1. The molecule has 1 heterocycles. The number of carbonyl (C=O) groups excluding carboxylic acids is 1. The topological polar surface area (TPSA) is 109 Å². The van der Waals surface area contributed by atoms with Gasteiger partial charge in [-0.1, -0.05) is 24.3 Å². The zero-order valence-electron chi connectivity index (χ0n) is 16.1. The fraction of sp³-hybridized carbons (Fsp3) is 0.190. The highest BCUT2D eigenvalue weighted by Gasteiger charge is 2.22. The number of hydrogen-bond donors (Lipinski definition) is 2. The van der Waals surface area contributed by atoms with Crippen LogP contribution in [0, 0.1) is 5.82 Å². The van der Waals surface area contributed by atoms with Crippen LogP contribution in [-0.2, 0) is 27.7 Å². The zero-order valence-corrected chi connectivity index (χ0v) is 16.9. The van der Waals surface area contributed by atoms with Gasteiger partial charge < -0.3 is 10.4 Å². The van der Waals surface area contributed by atoms with Gasteiger partial charge in [0, 0.05) is 6.26 Å². The number of aromatic nitrogens is 2. The first-order valence-electron chi connectivity index (χ1n) is 9.03. The van der Waals surface area contributed by atoms with Gasteiger partial charge in [-0.2, -0.15) is 0 Å². The molecule has 1 atom stereocenters. The van der Waals surface area contributed by atoms with Crippen molar-refractivity contribution < 1.29 is 22.7 Å². The summed E-state index contributed by atoms with van der Waals surface area (Å²) in [5.41, 5.74) is 1.71. The van der Waals surface area contributed by atoms with Crippen molar-refractivity contribution in [1.82, 2.24) is 9.97 Å². The third-order valence-corrected chi connectivity index (χ3v) is 5.63. The SMILES string of the molecule is CS(=O)(=O)c1ccc([C@H](Cc2ccc(F)cc2)C(=O)Nc2cnc(CO)cn2)cc1. The summed E-state index contributed by atoms with van der Waals surface area (Å²) in [6, 6.07) is 11.9. The first-order valence-corrected chi connectivity index (χ1v) is 10.9. The summed E-state index contributed by atoms with van der Waals surface area (Å²) in [6.07, 6.45) is 4.07. The molecule has 0 saturated carbocycles. The number of amides is 1. The molecular formula is C21H20FN3O4S. The molecule has 0 fully saturated rings. The van der Waals surface area contributed by atoms with E-state index in [9.17, 15) is 17.6 Å². The van der Waals surface area contributed by atoms with Crippen molar-refractivity contribution in [2.45, 2.75) is 23.8 Å². The van der Waals surface area contributed by atoms with Gasteiger partial charge in [-0.15, -0.1) is 0 Å². The Morgan fingerprint density at radius 3 is 2.27 bits per heavy atom. The van der Waals surface area contributed by atoms with Gasteiger partial charge in [-0.05, 0) is 41.8 Å². The maximum atomic E-state index is 13.2. The molecule has 0 bridgehead atoms. The number of benzene rings is 2. The van der Waals surface area contributed by atoms with E-state index in [-0.39, 0.29) is 35.5 Å². The third-order valence-electron chi connectivity index (χ3n) is 4.50. The van der Waals surface area contributed by atoms with E-state index < -0.39 is 15.8 Å². The minimum Gasteiger partial charge on any atom is -0.390 e. The van der Waals surface area contributed by atoms with Crippen molar-refractivity contribution in [2.24, 2.45) is 0 Å². The summed E-state index contributed by atoms with van der Waals surface area (Å²) >= 11 is 0. The molecule has 1 amide bonds. The number of anilines is 1. The second kappa shape index (κ2) is 9.10. The third kappa shape index (κ3) is 5.46. The van der Waals surface area contributed by atoms with Gasteiger partial charge in [-0.3, -0.25) is 9.78 Å². The van der Waals surface area contributed by atoms with Gasteiger partial charge in [0.2, 0.25) is 5.91 Å². The average Bonchev–Trinajstić information content (AvgIpc) is 2.73. The number of nitrogens with zero attached hydrogens (tertiary/aromatic N) is 2. The van der Waals surface area contributed by atoms with Crippen molar-refractivity contribution >= 4 is 21.6 Å². The average molecular weight is 429 g/mol. The molecule has 0 radical (unpaired) electrons. The molecule has 30 heavy (non-hydrogen) atoms. The van der Waals surface area contributed by atoms with Crippen molar-refractivity contribution in [3.05, 3.63) is 83.6 Å². The van der Waals surface area contributed by atoms with Crippen LogP contribution in [0.4, 0.5) is 10.2 Å². The lowest BCUT2D eigenvalue weighted by Crippen LogP contribution is -2.24. The van der Waals surface area contributed by atoms with Crippen LogP contribution in [-0.4, -0.2) is 35.7 Å². The Bertz CT molecular complexity index is 1120. The Morgan fingerprint density at radius 1 is 1.07 bits per heavy atom. The molecule has 0 saturated heterocycles. The Kier molecular flexibility index (Phi) is 6.53. The number of aliphatic hydroxyl groups excluding tert-OH is 1. The molecule has 0 aliphatic heterocycles. The van der Waals surface area contributed by atoms with Crippen LogP contribution in [0.3, 0.4) is 0 Å². The molecular weight excluding hydrogens is 409 g/mol. The van der Waals surface area contributed by atoms with Crippen LogP contribution in [0.5, 0.6) is 0 Å². The summed E-state index contributed by atoms with van der Waals surface area (Å²) in [6.45, 7) is -0.263. The number of rotatable bonds is 7. The van der Waals surface area contributed by atoms with Crippen LogP contribution in [0.1, 0.15) is 22.7 Å². The fourth-order valence-electron chi connectivity index (χ4n) is 2.88. The highest BCUT2D eigenvalue weighted by molar-refractivity contribution is 7.90. The first-order chi connectivity index (χ1) is 14.3. The molecule has 1 aromatic heterocycles. The van der Waals surface area contributed by atoms with Gasteiger partial charge >= 0.3 is 0 Å². The van der Waals surface area contributed by atoms with Crippen molar-refractivity contribution in [3.63, 3.8) is 0 Å². The van der Waals surface area contributed by atoms with Crippen LogP contribution in [0.2, 0.25) is 0 Å². The van der Waals surface area contributed by atoms with E-state index in [1.807, 2.05) is 0 Å². The molecule has 3 aromatic rings. The Morgan fingerprint density at radius 2 is 1.73 bits per heavy atom. The van der Waals surface area contributed by atoms with E-state index in [2.05, 4.69) is 15.3 Å². The molecule has 0 aliphatic carbocycles. The standard InChI is InChI=1S/C21H20FN3O4S/c1-30(28,29)18-8-4-15(5-9-18)19(10-14-2-6-16(22)7-3-14)21(27)25-20-12-23-17(13-26)11-24-20/h2-9,11-12,19,26H,10,13H2,1H3,(H,24,25,27)/t19-/m0/s1. The largest absolute Gasteiger partial charge is 0.390 e. The Hall–Kier alpha value is -3.17. The number of carbonyl (C=O) groups is 1. The zero-order chi connectivity index (χ0) is 21.7. The van der Waals surface area contributed by atoms with Crippen LogP contribution in [0.25, 0.3) is 0 Å². The number of hydrogen-bond acceptors (Lipinski definition) is 6. The molecule has 9 heteroatoms. The molecule has 156 valence electrons. The van der Waals surface area contributed by atoms with E-state index in [0.717, 1.165) is 11.8 Å². The van der Waals surface area contributed by atoms with Gasteiger partial charge in [0.15, 0.2) is 15.7 Å². The highest BCUT2D eigenvalue weighted by Crippen LogP contribution is 2.24. The summed E-state index contributed by atoms with van der Waals surface area (Å²) < 4.78 is 36.7. The summed E-state index contributed by atoms with van der Waals surface area (Å²) in [4.78, 5) is 21.2. The Balaban J connectivity index is 1.89. The van der Waals surface area contributed by atoms with E-state index in [4.69, 9.17) is 5.11 Å². The van der Waals surface area contributed by atoms with E-state index in [0.29, 0.717) is 11.3 Å². The number of aliphatic hydroxyl groups is 1.